The molecule has 1 atom stereocenters. The van der Waals surface area contributed by atoms with Crippen molar-refractivity contribution in [3.63, 3.8) is 0 Å². The zero-order chi connectivity index (χ0) is 12.6. The van der Waals surface area contributed by atoms with E-state index in [9.17, 15) is 14.4 Å². The van der Waals surface area contributed by atoms with E-state index in [1.807, 2.05) is 5.48 Å². The molecule has 1 aromatic rings. The normalized spacial score (nSPS) is 24.1. The molecule has 90 valence electrons. The molecule has 0 radical (unpaired) electrons. The molecule has 0 bridgehead atoms. The van der Waals surface area contributed by atoms with Crippen LogP contribution < -0.4 is 5.48 Å². The number of nitrogens with zero attached hydrogens (tertiary/aromatic N) is 2. The molecule has 0 saturated heterocycles. The Labute approximate surface area is 97.5 Å². The molecule has 1 heterocycles. The Hall–Kier alpha value is -1.79. The predicted molar refractivity (Wildman–Crippen MR) is 58.9 cm³/mol. The van der Waals surface area contributed by atoms with Gasteiger partial charge >= 0.3 is 0 Å². The second-order valence-electron chi connectivity index (χ2n) is 3.89. The highest BCUT2D eigenvalue weighted by Gasteiger charge is 2.49. The number of hydrazone groups is 1. The summed E-state index contributed by atoms with van der Waals surface area (Å²) in [5, 5.41) is 14.4. The van der Waals surface area contributed by atoms with Gasteiger partial charge in [0.05, 0.1) is 5.71 Å². The highest BCUT2D eigenvalue weighted by Crippen LogP contribution is 2.30. The molecule has 1 aliphatic rings. The molecule has 2 rings (SSSR count). The van der Waals surface area contributed by atoms with Crippen LogP contribution in [0.5, 0.6) is 0 Å². The van der Waals surface area contributed by atoms with Crippen LogP contribution in [0.1, 0.15) is 12.5 Å². The van der Waals surface area contributed by atoms with Gasteiger partial charge in [0.15, 0.2) is 5.54 Å². The first-order valence-electron chi connectivity index (χ1n) is 5.03. The molecule has 0 spiro atoms. The van der Waals surface area contributed by atoms with Crippen molar-refractivity contribution >= 4 is 11.6 Å². The third kappa shape index (κ3) is 1.53. The Kier molecular flexibility index (Phi) is 2.68. The summed E-state index contributed by atoms with van der Waals surface area (Å²) >= 11 is 0. The third-order valence-electron chi connectivity index (χ3n) is 2.88. The minimum absolute atomic E-state index is 0.315. The van der Waals surface area contributed by atoms with Crippen molar-refractivity contribution in [1.29, 1.82) is 0 Å². The molecule has 0 aromatic heterocycles. The van der Waals surface area contributed by atoms with E-state index in [1.165, 1.54) is 25.2 Å². The lowest BCUT2D eigenvalue weighted by atomic mass is 9.86. The van der Waals surface area contributed by atoms with Gasteiger partial charge in [0.25, 0.3) is 5.91 Å². The number of rotatable bonds is 2. The summed E-state index contributed by atoms with van der Waals surface area (Å²) in [4.78, 5) is 12.0. The fourth-order valence-electron chi connectivity index (χ4n) is 1.99. The number of carbonyl (C=O) groups excluding carboxylic acids is 1. The number of hydrogen-bond acceptors (Lipinski definition) is 4. The number of benzene rings is 1. The molecule has 6 heteroatoms. The molecule has 1 aliphatic heterocycles. The summed E-state index contributed by atoms with van der Waals surface area (Å²) in [6.45, 7) is 1.59. The van der Waals surface area contributed by atoms with Crippen molar-refractivity contribution in [2.24, 2.45) is 5.10 Å². The minimum atomic E-state index is -1.49. The van der Waals surface area contributed by atoms with Crippen LogP contribution in [0.15, 0.2) is 29.4 Å². The van der Waals surface area contributed by atoms with E-state index in [4.69, 9.17) is 0 Å². The number of halogens is 1. The van der Waals surface area contributed by atoms with E-state index in [-0.39, 0.29) is 0 Å². The lowest BCUT2D eigenvalue weighted by Crippen LogP contribution is -2.52. The zero-order valence-corrected chi connectivity index (χ0v) is 9.44. The van der Waals surface area contributed by atoms with Gasteiger partial charge in [-0.1, -0.05) is 12.1 Å². The number of hydrogen-bond donors (Lipinski definition) is 2. The maximum absolute atomic E-state index is 13.2. The molecule has 0 saturated carbocycles. The van der Waals surface area contributed by atoms with Gasteiger partial charge in [-0.05, 0) is 24.6 Å². The monoisotopic (exact) mass is 237 g/mol. The van der Waals surface area contributed by atoms with Gasteiger partial charge in [-0.15, -0.1) is 0 Å². The van der Waals surface area contributed by atoms with E-state index in [1.54, 1.807) is 13.0 Å². The van der Waals surface area contributed by atoms with Gasteiger partial charge < -0.3 is 5.21 Å². The first-order valence-corrected chi connectivity index (χ1v) is 5.03. The van der Waals surface area contributed by atoms with Crippen LogP contribution in [0.3, 0.4) is 0 Å². The lowest BCUT2D eigenvalue weighted by Gasteiger charge is -2.26. The number of nitrogens with one attached hydrogen (secondary N) is 1. The van der Waals surface area contributed by atoms with E-state index in [0.717, 1.165) is 5.01 Å². The van der Waals surface area contributed by atoms with Gasteiger partial charge in [-0.3, -0.25) is 4.79 Å². The fourth-order valence-corrected chi connectivity index (χ4v) is 1.99. The Morgan fingerprint density at radius 3 is 2.71 bits per heavy atom. The summed E-state index contributed by atoms with van der Waals surface area (Å²) < 4.78 is 13.2. The van der Waals surface area contributed by atoms with Crippen molar-refractivity contribution in [3.05, 3.63) is 35.6 Å². The van der Waals surface area contributed by atoms with Crippen LogP contribution >= 0.6 is 0 Å². The molecule has 0 fully saturated rings. The second kappa shape index (κ2) is 3.90. The molecule has 17 heavy (non-hydrogen) atoms. The van der Waals surface area contributed by atoms with E-state index in [0.29, 0.717) is 11.3 Å². The maximum atomic E-state index is 13.2. The van der Waals surface area contributed by atoms with Gasteiger partial charge in [-0.25, -0.2) is 9.40 Å². The van der Waals surface area contributed by atoms with Crippen molar-refractivity contribution in [3.8, 4) is 0 Å². The smallest absolute Gasteiger partial charge is 0.275 e. The van der Waals surface area contributed by atoms with Crippen molar-refractivity contribution in [2.75, 3.05) is 7.05 Å². The second-order valence-corrected chi connectivity index (χ2v) is 3.89. The molecule has 1 amide bonds. The lowest BCUT2D eigenvalue weighted by molar-refractivity contribution is -0.136. The van der Waals surface area contributed by atoms with Crippen LogP contribution in [0, 0.1) is 5.82 Å². The van der Waals surface area contributed by atoms with Crippen LogP contribution in [0.4, 0.5) is 4.39 Å². The number of likely N-dealkylation sites (N-methyl/N-ethyl adjacent to an activating group) is 1. The zero-order valence-electron chi connectivity index (χ0n) is 9.44. The summed E-state index contributed by atoms with van der Waals surface area (Å²) in [6, 6.07) is 5.49. The quantitative estimate of drug-likeness (QED) is 0.749. The van der Waals surface area contributed by atoms with Crippen molar-refractivity contribution in [2.45, 2.75) is 12.5 Å². The van der Waals surface area contributed by atoms with Crippen molar-refractivity contribution in [1.82, 2.24) is 10.5 Å². The van der Waals surface area contributed by atoms with E-state index in [2.05, 4.69) is 5.10 Å². The minimum Gasteiger partial charge on any atom is -0.315 e. The third-order valence-corrected chi connectivity index (χ3v) is 2.88. The van der Waals surface area contributed by atoms with Gasteiger partial charge in [0.2, 0.25) is 0 Å². The summed E-state index contributed by atoms with van der Waals surface area (Å²) in [7, 11) is 1.48. The van der Waals surface area contributed by atoms with Crippen LogP contribution in [0.25, 0.3) is 0 Å². The molecular weight excluding hydrogens is 225 g/mol. The van der Waals surface area contributed by atoms with Crippen molar-refractivity contribution < 1.29 is 14.4 Å². The Morgan fingerprint density at radius 1 is 1.53 bits per heavy atom. The molecule has 0 aliphatic carbocycles. The highest BCUT2D eigenvalue weighted by molar-refractivity contribution is 6.15. The first kappa shape index (κ1) is 11.7. The average Bonchev–Trinajstić information content (AvgIpc) is 2.51. The fraction of sp³-hybridized carbons (Fsp3) is 0.273. The molecular formula is C11H12FN3O2. The summed E-state index contributed by atoms with van der Waals surface area (Å²) in [5.74, 6) is -0.935. The van der Waals surface area contributed by atoms with Crippen LogP contribution in [0.2, 0.25) is 0 Å². The summed E-state index contributed by atoms with van der Waals surface area (Å²) in [5.41, 5.74) is 1.15. The molecule has 1 unspecified atom stereocenters. The Morgan fingerprint density at radius 2 is 2.24 bits per heavy atom. The van der Waals surface area contributed by atoms with Crippen LogP contribution in [-0.2, 0) is 10.3 Å². The highest BCUT2D eigenvalue weighted by atomic mass is 19.1. The van der Waals surface area contributed by atoms with Crippen LogP contribution in [-0.4, -0.2) is 28.9 Å². The SMILES string of the molecule is CC1=NN(C)C(=O)C1(NO)c1cccc(F)c1. The number of amides is 1. The Bertz CT molecular complexity index is 503. The van der Waals surface area contributed by atoms with E-state index < -0.39 is 17.3 Å². The molecule has 2 N–H and O–H groups in total. The van der Waals surface area contributed by atoms with Gasteiger partial charge in [0.1, 0.15) is 5.82 Å². The van der Waals surface area contributed by atoms with Gasteiger partial charge in [-0.2, -0.15) is 10.6 Å². The largest absolute Gasteiger partial charge is 0.315 e. The average molecular weight is 237 g/mol. The topological polar surface area (TPSA) is 64.9 Å². The number of hydroxylamine groups is 1. The first-order chi connectivity index (χ1) is 8.02. The molecule has 5 nitrogen and oxygen atoms in total. The standard InChI is InChI=1S/C11H12FN3O2/c1-7-11(14-17,10(16)15(2)13-7)8-4-3-5-9(12)6-8/h3-6,14,17H,1-2H3. The van der Waals surface area contributed by atoms with E-state index >= 15 is 0 Å². The Balaban J connectivity index is 2.60. The maximum Gasteiger partial charge on any atom is 0.275 e. The number of carbonyl (C=O) groups is 1. The predicted octanol–water partition coefficient (Wildman–Crippen LogP) is 0.848. The van der Waals surface area contributed by atoms with Gasteiger partial charge in [0, 0.05) is 7.05 Å². The molecule has 1 aromatic carbocycles. The summed E-state index contributed by atoms with van der Waals surface area (Å²) in [6.07, 6.45) is 0.